The number of allylic oxidation sites excluding steroid dienone is 3. The van der Waals surface area contributed by atoms with Gasteiger partial charge in [-0.3, -0.25) is 4.79 Å². The second-order valence-corrected chi connectivity index (χ2v) is 11.8. The van der Waals surface area contributed by atoms with Crippen molar-refractivity contribution in [2.75, 3.05) is 13.2 Å². The van der Waals surface area contributed by atoms with Crippen molar-refractivity contribution in [1.82, 2.24) is 9.88 Å². The minimum atomic E-state index is -0.509. The van der Waals surface area contributed by atoms with Gasteiger partial charge in [-0.15, -0.1) is 0 Å². The van der Waals surface area contributed by atoms with Crippen LogP contribution in [-0.4, -0.2) is 29.5 Å². The number of esters is 1. The van der Waals surface area contributed by atoms with E-state index in [1.165, 1.54) is 5.52 Å². The van der Waals surface area contributed by atoms with Gasteiger partial charge in [-0.25, -0.2) is 4.79 Å². The van der Waals surface area contributed by atoms with Gasteiger partial charge in [-0.05, 0) is 61.6 Å². The molecule has 6 rings (SSSR count). The molecule has 0 saturated heterocycles. The second kappa shape index (κ2) is 10.6. The first kappa shape index (κ1) is 26.9. The summed E-state index contributed by atoms with van der Waals surface area (Å²) < 4.78 is 13.8. The molecule has 0 spiro atoms. The van der Waals surface area contributed by atoms with Gasteiger partial charge in [0, 0.05) is 57.7 Å². The van der Waals surface area contributed by atoms with Crippen LogP contribution in [0.2, 0.25) is 0 Å². The Bertz CT molecular complexity index is 1730. The molecule has 210 valence electrons. The fraction of sp³-hybridized carbons (Fsp3) is 0.314. The zero-order valence-electron chi connectivity index (χ0n) is 24.1. The monoisotopic (exact) mass is 548 g/mol. The van der Waals surface area contributed by atoms with Gasteiger partial charge in [0.15, 0.2) is 5.78 Å². The average Bonchev–Trinajstić information content (AvgIpc) is 3.27. The zero-order chi connectivity index (χ0) is 28.7. The van der Waals surface area contributed by atoms with Crippen LogP contribution >= 0.6 is 0 Å². The molecule has 1 atom stereocenters. The van der Waals surface area contributed by atoms with Gasteiger partial charge in [0.25, 0.3) is 0 Å². The third-order valence-corrected chi connectivity index (χ3v) is 8.23. The summed E-state index contributed by atoms with van der Waals surface area (Å²) in [4.78, 5) is 27.5. The number of hydrogen-bond donors (Lipinski definition) is 1. The summed E-state index contributed by atoms with van der Waals surface area (Å²) in [5, 5.41) is 5.71. The van der Waals surface area contributed by atoms with Gasteiger partial charge in [0.05, 0.1) is 5.57 Å². The predicted octanol–water partition coefficient (Wildman–Crippen LogP) is 7.04. The van der Waals surface area contributed by atoms with E-state index in [9.17, 15) is 9.59 Å². The number of carbonyl (C=O) groups excluding carboxylic acids is 2. The van der Waals surface area contributed by atoms with Gasteiger partial charge < -0.3 is 19.4 Å². The molecule has 41 heavy (non-hydrogen) atoms. The fourth-order valence-electron chi connectivity index (χ4n) is 6.52. The highest BCUT2D eigenvalue weighted by Crippen LogP contribution is 2.47. The highest BCUT2D eigenvalue weighted by molar-refractivity contribution is 6.09. The van der Waals surface area contributed by atoms with Crippen LogP contribution in [0.5, 0.6) is 5.75 Å². The number of para-hydroxylation sites is 2. The van der Waals surface area contributed by atoms with Crippen molar-refractivity contribution in [3.63, 3.8) is 0 Å². The number of Topliss-reactive ketones (excluding diaryl/α,β-unsaturated/α-hetero) is 1. The molecule has 6 heteroatoms. The summed E-state index contributed by atoms with van der Waals surface area (Å²) in [6.45, 7) is 9.48. The van der Waals surface area contributed by atoms with Crippen LogP contribution in [-0.2, 0) is 20.9 Å². The lowest BCUT2D eigenvalue weighted by Crippen LogP contribution is -2.38. The lowest BCUT2D eigenvalue weighted by atomic mass is 9.68. The number of aromatic nitrogens is 1. The lowest BCUT2D eigenvalue weighted by molar-refractivity contribution is -0.140. The smallest absolute Gasteiger partial charge is 0.336 e. The number of ketones is 1. The van der Waals surface area contributed by atoms with E-state index < -0.39 is 11.9 Å². The van der Waals surface area contributed by atoms with E-state index in [1.54, 1.807) is 0 Å². The maximum Gasteiger partial charge on any atom is 0.336 e. The molecule has 0 fully saturated rings. The Kier molecular flexibility index (Phi) is 6.94. The van der Waals surface area contributed by atoms with Crippen LogP contribution in [0.25, 0.3) is 21.8 Å². The summed E-state index contributed by atoms with van der Waals surface area (Å²) in [6.07, 6.45) is 1.18. The zero-order valence-corrected chi connectivity index (χ0v) is 24.1. The van der Waals surface area contributed by atoms with Crippen LogP contribution in [0.3, 0.4) is 0 Å². The van der Waals surface area contributed by atoms with Crippen molar-refractivity contribution in [2.45, 2.75) is 53.0 Å². The number of fused-ring (bicyclic) bond motifs is 3. The minimum absolute atomic E-state index is 0.0787. The van der Waals surface area contributed by atoms with E-state index in [1.807, 2.05) is 37.3 Å². The molecule has 1 aliphatic carbocycles. The number of carbonyl (C=O) groups is 2. The van der Waals surface area contributed by atoms with E-state index in [-0.39, 0.29) is 24.4 Å². The molecule has 1 N–H and O–H groups in total. The van der Waals surface area contributed by atoms with Gasteiger partial charge in [-0.2, -0.15) is 0 Å². The topological polar surface area (TPSA) is 69.6 Å². The number of rotatable bonds is 7. The van der Waals surface area contributed by atoms with E-state index in [4.69, 9.17) is 9.47 Å². The number of ether oxygens (including phenoxy) is 2. The van der Waals surface area contributed by atoms with Crippen molar-refractivity contribution in [2.24, 2.45) is 5.41 Å². The molecule has 4 aromatic rings. The molecular formula is C35H36N2O4. The van der Waals surface area contributed by atoms with Gasteiger partial charge >= 0.3 is 5.97 Å². The number of hydrogen-bond acceptors (Lipinski definition) is 5. The van der Waals surface area contributed by atoms with Crippen LogP contribution < -0.4 is 10.1 Å². The van der Waals surface area contributed by atoms with Crippen molar-refractivity contribution < 1.29 is 19.1 Å². The Hall–Kier alpha value is -4.32. The first-order valence-corrected chi connectivity index (χ1v) is 14.4. The molecular weight excluding hydrogens is 512 g/mol. The summed E-state index contributed by atoms with van der Waals surface area (Å²) in [7, 11) is 0. The number of nitrogens with zero attached hydrogens (tertiary/aromatic N) is 1. The molecule has 2 aliphatic rings. The number of benzene rings is 3. The largest absolute Gasteiger partial charge is 0.490 e. The maximum absolute atomic E-state index is 13.7. The molecule has 3 aromatic carbocycles. The summed E-state index contributed by atoms with van der Waals surface area (Å²) >= 11 is 0. The van der Waals surface area contributed by atoms with E-state index in [2.05, 4.69) is 73.1 Å². The van der Waals surface area contributed by atoms with Crippen molar-refractivity contribution in [3.8, 4) is 5.75 Å². The Morgan fingerprint density at radius 3 is 2.46 bits per heavy atom. The van der Waals surface area contributed by atoms with Crippen LogP contribution in [0, 0.1) is 5.41 Å². The van der Waals surface area contributed by atoms with Crippen molar-refractivity contribution in [3.05, 3.63) is 101 Å². The van der Waals surface area contributed by atoms with Crippen LogP contribution in [0.15, 0.2) is 95.3 Å². The Balaban J connectivity index is 1.40. The SMILES string of the molecule is CCn1c2ccccc2c2cc([C@H]3C(C(=O)OCCOc4ccccc4)=C(C)NC4=C3C(=O)CC(C)(C)C4)ccc21. The number of dihydropyridines is 1. The van der Waals surface area contributed by atoms with Gasteiger partial charge in [0.1, 0.15) is 19.0 Å². The fourth-order valence-corrected chi connectivity index (χ4v) is 6.52. The van der Waals surface area contributed by atoms with Gasteiger partial charge in [-0.1, -0.05) is 56.3 Å². The molecule has 0 bridgehead atoms. The van der Waals surface area contributed by atoms with E-state index >= 15 is 0 Å². The molecule has 6 nitrogen and oxygen atoms in total. The second-order valence-electron chi connectivity index (χ2n) is 11.8. The normalized spacial score (nSPS) is 18.4. The summed E-state index contributed by atoms with van der Waals surface area (Å²) in [5.41, 5.74) is 5.88. The highest BCUT2D eigenvalue weighted by Gasteiger charge is 2.43. The van der Waals surface area contributed by atoms with Gasteiger partial charge in [0.2, 0.25) is 0 Å². The standard InChI is InChI=1S/C35H36N2O4/c1-5-37-28-14-10-9-13-25(28)26-19-23(15-16-29(26)37)32-31(34(39)41-18-17-40-24-11-7-6-8-12-24)22(2)36-27-20-35(3,4)21-30(38)33(27)32/h6-16,19,32,36H,5,17-18,20-21H2,1-4H3/t32-/m0/s1. The molecule has 0 amide bonds. The van der Waals surface area contributed by atoms with Crippen molar-refractivity contribution >= 4 is 33.6 Å². The third-order valence-electron chi connectivity index (χ3n) is 8.23. The summed E-state index contributed by atoms with van der Waals surface area (Å²) in [5.74, 6) is -0.140. The first-order chi connectivity index (χ1) is 19.8. The third kappa shape index (κ3) is 4.92. The molecule has 0 saturated carbocycles. The van der Waals surface area contributed by atoms with E-state index in [0.717, 1.165) is 52.0 Å². The van der Waals surface area contributed by atoms with Crippen LogP contribution in [0.4, 0.5) is 0 Å². The average molecular weight is 549 g/mol. The van der Waals surface area contributed by atoms with Crippen molar-refractivity contribution in [1.29, 1.82) is 0 Å². The minimum Gasteiger partial charge on any atom is -0.490 e. The molecule has 0 unspecified atom stereocenters. The summed E-state index contributed by atoms with van der Waals surface area (Å²) in [6, 6.07) is 24.2. The predicted molar refractivity (Wildman–Crippen MR) is 162 cm³/mol. The first-order valence-electron chi connectivity index (χ1n) is 14.4. The Labute approximate surface area is 240 Å². The molecule has 1 aliphatic heterocycles. The van der Waals surface area contributed by atoms with E-state index in [0.29, 0.717) is 17.6 Å². The molecule has 1 aromatic heterocycles. The Morgan fingerprint density at radius 2 is 1.68 bits per heavy atom. The molecule has 0 radical (unpaired) electrons. The lowest BCUT2D eigenvalue weighted by Gasteiger charge is -2.39. The quantitative estimate of drug-likeness (QED) is 0.198. The molecule has 2 heterocycles. The highest BCUT2D eigenvalue weighted by atomic mass is 16.6. The number of aryl methyl sites for hydroxylation is 1. The maximum atomic E-state index is 13.7. The number of nitrogens with one attached hydrogen (secondary N) is 1. The Morgan fingerprint density at radius 1 is 0.951 bits per heavy atom. The van der Waals surface area contributed by atoms with Crippen LogP contribution in [0.1, 0.15) is 52.0 Å².